The molecule has 0 atom stereocenters. The minimum Gasteiger partial charge on any atom is -0.497 e. The van der Waals surface area contributed by atoms with Crippen LogP contribution in [0.5, 0.6) is 5.75 Å². The first kappa shape index (κ1) is 17.3. The van der Waals surface area contributed by atoms with Crippen molar-refractivity contribution in [2.75, 3.05) is 7.11 Å². The molecule has 0 saturated heterocycles. The molecule has 1 fully saturated rings. The lowest BCUT2D eigenvalue weighted by Crippen LogP contribution is -2.15. The van der Waals surface area contributed by atoms with Crippen molar-refractivity contribution in [1.82, 2.24) is 9.55 Å². The summed E-state index contributed by atoms with van der Waals surface area (Å²) < 4.78 is 7.72. The predicted molar refractivity (Wildman–Crippen MR) is 109 cm³/mol. The highest BCUT2D eigenvalue weighted by Crippen LogP contribution is 2.33. The van der Waals surface area contributed by atoms with E-state index in [0.717, 1.165) is 34.5 Å². The molecule has 0 amide bonds. The maximum atomic E-state index is 5.25. The molecule has 2 heterocycles. The van der Waals surface area contributed by atoms with Gasteiger partial charge in [-0.05, 0) is 62.1 Å². The Morgan fingerprint density at radius 2 is 1.85 bits per heavy atom. The number of rotatable bonds is 5. The number of aromatic nitrogens is 2. The van der Waals surface area contributed by atoms with Gasteiger partial charge in [0.1, 0.15) is 10.8 Å². The third kappa shape index (κ3) is 3.56. The Morgan fingerprint density at radius 3 is 2.58 bits per heavy atom. The molecule has 3 nitrogen and oxygen atoms in total. The molecule has 1 aromatic carbocycles. The zero-order chi connectivity index (χ0) is 17.9. The van der Waals surface area contributed by atoms with Gasteiger partial charge in [0.2, 0.25) is 0 Å². The minimum atomic E-state index is 0.813. The summed E-state index contributed by atoms with van der Waals surface area (Å²) in [4.78, 5) is 4.93. The molecule has 2 aromatic heterocycles. The topological polar surface area (TPSA) is 27.1 Å². The Labute approximate surface area is 159 Å². The van der Waals surface area contributed by atoms with Crippen LogP contribution in [0.15, 0.2) is 41.8 Å². The fourth-order valence-electron chi connectivity index (χ4n) is 3.92. The molecule has 0 bridgehead atoms. The first-order valence-corrected chi connectivity index (χ1v) is 10.4. The lowest BCUT2D eigenvalue weighted by molar-refractivity contribution is 0.319. The van der Waals surface area contributed by atoms with Gasteiger partial charge in [-0.1, -0.05) is 19.3 Å². The van der Waals surface area contributed by atoms with E-state index in [9.17, 15) is 0 Å². The average molecular weight is 367 g/mol. The van der Waals surface area contributed by atoms with Gasteiger partial charge in [-0.15, -0.1) is 11.3 Å². The van der Waals surface area contributed by atoms with Gasteiger partial charge in [-0.2, -0.15) is 0 Å². The van der Waals surface area contributed by atoms with Gasteiger partial charge in [0.15, 0.2) is 0 Å². The summed E-state index contributed by atoms with van der Waals surface area (Å²) in [6.45, 7) is 3.34. The van der Waals surface area contributed by atoms with Crippen LogP contribution in [0.4, 0.5) is 0 Å². The zero-order valence-corrected chi connectivity index (χ0v) is 16.4. The molecule has 4 rings (SSSR count). The van der Waals surface area contributed by atoms with Gasteiger partial charge in [0.05, 0.1) is 18.5 Å². The van der Waals surface area contributed by atoms with Crippen molar-refractivity contribution in [1.29, 1.82) is 0 Å². The number of thiazole rings is 1. The Bertz CT molecular complexity index is 857. The number of hydrogen-bond acceptors (Lipinski definition) is 3. The van der Waals surface area contributed by atoms with Gasteiger partial charge in [0, 0.05) is 23.2 Å². The molecule has 3 aromatic rings. The molecule has 0 N–H and O–H groups in total. The summed E-state index contributed by atoms with van der Waals surface area (Å²) in [5.74, 6) is 1.69. The highest BCUT2D eigenvalue weighted by atomic mass is 32.1. The second kappa shape index (κ2) is 7.67. The van der Waals surface area contributed by atoms with E-state index in [1.807, 2.05) is 12.1 Å². The van der Waals surface area contributed by atoms with Crippen LogP contribution in [0.1, 0.15) is 37.8 Å². The van der Waals surface area contributed by atoms with Crippen molar-refractivity contribution >= 4 is 11.3 Å². The van der Waals surface area contributed by atoms with Crippen LogP contribution in [0, 0.1) is 12.8 Å². The van der Waals surface area contributed by atoms with Crippen molar-refractivity contribution in [3.05, 3.63) is 47.5 Å². The van der Waals surface area contributed by atoms with Crippen molar-refractivity contribution in [2.24, 2.45) is 5.92 Å². The van der Waals surface area contributed by atoms with Gasteiger partial charge < -0.3 is 9.30 Å². The summed E-state index contributed by atoms with van der Waals surface area (Å²) in [7, 11) is 1.69. The molecule has 1 aliphatic rings. The lowest BCUT2D eigenvalue weighted by atomic mass is 9.89. The molecule has 0 radical (unpaired) electrons. The smallest absolute Gasteiger partial charge is 0.124 e. The molecule has 0 aliphatic heterocycles. The number of benzene rings is 1. The summed E-state index contributed by atoms with van der Waals surface area (Å²) in [5, 5.41) is 3.25. The van der Waals surface area contributed by atoms with Crippen LogP contribution in [-0.2, 0) is 6.54 Å². The van der Waals surface area contributed by atoms with Crippen molar-refractivity contribution in [2.45, 2.75) is 45.6 Å². The van der Waals surface area contributed by atoms with Crippen molar-refractivity contribution < 1.29 is 4.74 Å². The molecule has 1 aliphatic carbocycles. The number of methoxy groups -OCH3 is 1. The number of aryl methyl sites for hydroxylation is 1. The first-order valence-electron chi connectivity index (χ1n) is 9.51. The highest BCUT2D eigenvalue weighted by Gasteiger charge is 2.18. The van der Waals surface area contributed by atoms with Crippen LogP contribution in [0.2, 0.25) is 0 Å². The van der Waals surface area contributed by atoms with Crippen LogP contribution in [-0.4, -0.2) is 16.7 Å². The summed E-state index contributed by atoms with van der Waals surface area (Å²) >= 11 is 1.71. The SMILES string of the molecule is COc1ccc(-c2nc(-c3ccc(C)n3CC3CCCCC3)cs2)cc1. The molecule has 26 heavy (non-hydrogen) atoms. The van der Waals surface area contributed by atoms with Crippen LogP contribution >= 0.6 is 11.3 Å². The Morgan fingerprint density at radius 1 is 1.08 bits per heavy atom. The van der Waals surface area contributed by atoms with Gasteiger partial charge >= 0.3 is 0 Å². The Kier molecular flexibility index (Phi) is 5.11. The second-order valence-electron chi connectivity index (χ2n) is 7.24. The average Bonchev–Trinajstić information content (AvgIpc) is 3.30. The second-order valence-corrected chi connectivity index (χ2v) is 8.10. The van der Waals surface area contributed by atoms with E-state index in [1.54, 1.807) is 18.4 Å². The largest absolute Gasteiger partial charge is 0.497 e. The van der Waals surface area contributed by atoms with Gasteiger partial charge in [-0.25, -0.2) is 4.98 Å². The van der Waals surface area contributed by atoms with Crippen LogP contribution in [0.3, 0.4) is 0 Å². The molecule has 1 saturated carbocycles. The van der Waals surface area contributed by atoms with E-state index < -0.39 is 0 Å². The van der Waals surface area contributed by atoms with Crippen molar-refractivity contribution in [3.63, 3.8) is 0 Å². The fourth-order valence-corrected chi connectivity index (χ4v) is 4.74. The third-order valence-electron chi connectivity index (χ3n) is 5.47. The molecule has 0 unspecified atom stereocenters. The molecular formula is C22H26N2OS. The normalized spacial score (nSPS) is 15.3. The van der Waals surface area contributed by atoms with E-state index in [4.69, 9.17) is 9.72 Å². The predicted octanol–water partition coefficient (Wildman–Crippen LogP) is 6.18. The van der Waals surface area contributed by atoms with Crippen LogP contribution < -0.4 is 4.74 Å². The molecule has 0 spiro atoms. The minimum absolute atomic E-state index is 0.813. The highest BCUT2D eigenvalue weighted by molar-refractivity contribution is 7.13. The standard InChI is InChI=1S/C22H26N2OS/c1-16-8-13-21(24(16)14-17-6-4-3-5-7-17)20-15-26-22(23-20)18-9-11-19(25-2)12-10-18/h8-13,15,17H,3-7,14H2,1-2H3. The van der Waals surface area contributed by atoms with E-state index >= 15 is 0 Å². The Balaban J connectivity index is 1.59. The monoisotopic (exact) mass is 366 g/mol. The Hall–Kier alpha value is -2.07. The quantitative estimate of drug-likeness (QED) is 0.539. The van der Waals surface area contributed by atoms with E-state index in [1.165, 1.54) is 43.5 Å². The number of hydrogen-bond donors (Lipinski definition) is 0. The maximum absolute atomic E-state index is 5.25. The number of ether oxygens (including phenoxy) is 1. The summed E-state index contributed by atoms with van der Waals surface area (Å²) in [6.07, 6.45) is 6.92. The third-order valence-corrected chi connectivity index (χ3v) is 6.36. The van der Waals surface area contributed by atoms with E-state index in [-0.39, 0.29) is 0 Å². The number of nitrogens with zero attached hydrogens (tertiary/aromatic N) is 2. The maximum Gasteiger partial charge on any atom is 0.124 e. The van der Waals surface area contributed by atoms with Crippen LogP contribution in [0.25, 0.3) is 22.0 Å². The molecule has 136 valence electrons. The fraction of sp³-hybridized carbons (Fsp3) is 0.409. The lowest BCUT2D eigenvalue weighted by Gasteiger charge is -2.24. The first-order chi connectivity index (χ1) is 12.7. The summed E-state index contributed by atoms with van der Waals surface area (Å²) in [5.41, 5.74) is 4.82. The van der Waals surface area contributed by atoms with Gasteiger partial charge in [0.25, 0.3) is 0 Å². The van der Waals surface area contributed by atoms with Crippen molar-refractivity contribution in [3.8, 4) is 27.7 Å². The van der Waals surface area contributed by atoms with E-state index in [0.29, 0.717) is 0 Å². The van der Waals surface area contributed by atoms with E-state index in [2.05, 4.69) is 41.1 Å². The summed E-state index contributed by atoms with van der Waals surface area (Å²) in [6, 6.07) is 12.6. The zero-order valence-electron chi connectivity index (χ0n) is 15.6. The molecule has 4 heteroatoms. The molecular weight excluding hydrogens is 340 g/mol. The van der Waals surface area contributed by atoms with Gasteiger partial charge in [-0.3, -0.25) is 0 Å².